The van der Waals surface area contributed by atoms with Gasteiger partial charge in [-0.15, -0.1) is 0 Å². The largest absolute Gasteiger partial charge is 0.508 e. The van der Waals surface area contributed by atoms with Crippen molar-refractivity contribution < 1.29 is 5.11 Å². The molecule has 3 atom stereocenters. The van der Waals surface area contributed by atoms with Crippen LogP contribution in [0.2, 0.25) is 0 Å². The molecule has 0 aromatic heterocycles. The fraction of sp³-hybridized carbons (Fsp3) is 0.429. The summed E-state index contributed by atoms with van der Waals surface area (Å²) in [6.45, 7) is 4.37. The molecule has 0 spiro atoms. The normalized spacial score (nSPS) is 29.2. The number of benzene rings is 2. The Morgan fingerprint density at radius 2 is 2.00 bits per heavy atom. The van der Waals surface area contributed by atoms with Crippen molar-refractivity contribution in [1.29, 1.82) is 0 Å². The van der Waals surface area contributed by atoms with E-state index in [2.05, 4.69) is 60.6 Å². The summed E-state index contributed by atoms with van der Waals surface area (Å²) in [5, 5.41) is 13.9. The van der Waals surface area contributed by atoms with Crippen LogP contribution in [0.4, 0.5) is 0 Å². The molecule has 1 saturated heterocycles. The second-order valence-corrected chi connectivity index (χ2v) is 7.61. The average Bonchev–Trinajstić information content (AvgIpc) is 2.59. The van der Waals surface area contributed by atoms with Gasteiger partial charge in [-0.1, -0.05) is 43.3 Å². The third kappa shape index (κ3) is 2.52. The van der Waals surface area contributed by atoms with Crippen LogP contribution < -0.4 is 5.32 Å². The van der Waals surface area contributed by atoms with Crippen molar-refractivity contribution in [3.8, 4) is 5.75 Å². The molecule has 4 rings (SSSR count). The van der Waals surface area contributed by atoms with Crippen LogP contribution in [0.3, 0.4) is 0 Å². The first-order chi connectivity index (χ1) is 11.6. The number of piperidine rings is 1. The highest BCUT2D eigenvalue weighted by atomic mass is 16.3. The van der Waals surface area contributed by atoms with Crippen LogP contribution in [0.15, 0.2) is 48.5 Å². The molecule has 24 heavy (non-hydrogen) atoms. The van der Waals surface area contributed by atoms with Gasteiger partial charge in [-0.3, -0.25) is 0 Å². The number of rotatable bonds is 3. The van der Waals surface area contributed by atoms with E-state index >= 15 is 0 Å². The van der Waals surface area contributed by atoms with Crippen LogP contribution in [-0.2, 0) is 18.4 Å². The Morgan fingerprint density at radius 1 is 1.21 bits per heavy atom. The minimum atomic E-state index is 0.0677. The van der Waals surface area contributed by atoms with E-state index < -0.39 is 0 Å². The van der Waals surface area contributed by atoms with Gasteiger partial charge in [0.15, 0.2) is 0 Å². The predicted molar refractivity (Wildman–Crippen MR) is 97.3 cm³/mol. The highest BCUT2D eigenvalue weighted by Crippen LogP contribution is 2.45. The predicted octanol–water partition coefficient (Wildman–Crippen LogP) is 3.07. The van der Waals surface area contributed by atoms with E-state index in [0.717, 1.165) is 25.9 Å². The van der Waals surface area contributed by atoms with Crippen molar-refractivity contribution >= 4 is 0 Å². The summed E-state index contributed by atoms with van der Waals surface area (Å²) in [5.41, 5.74) is 4.11. The van der Waals surface area contributed by atoms with Gasteiger partial charge in [0.05, 0.1) is 0 Å². The van der Waals surface area contributed by atoms with Gasteiger partial charge >= 0.3 is 0 Å². The number of hydrogen-bond acceptors (Lipinski definition) is 3. The molecular weight excluding hydrogens is 296 g/mol. The lowest BCUT2D eigenvalue weighted by Crippen LogP contribution is -2.66. The summed E-state index contributed by atoms with van der Waals surface area (Å²) in [6.07, 6.45) is 2.16. The molecule has 2 aliphatic rings. The van der Waals surface area contributed by atoms with Gasteiger partial charge in [0.1, 0.15) is 5.75 Å². The number of hydrogen-bond donors (Lipinski definition) is 2. The van der Waals surface area contributed by atoms with Crippen molar-refractivity contribution in [3.63, 3.8) is 0 Å². The Labute approximate surface area is 144 Å². The molecule has 3 heteroatoms. The summed E-state index contributed by atoms with van der Waals surface area (Å²) in [6, 6.07) is 17.4. The van der Waals surface area contributed by atoms with Crippen LogP contribution in [0, 0.1) is 0 Å². The van der Waals surface area contributed by atoms with Crippen molar-refractivity contribution in [2.24, 2.45) is 0 Å². The van der Waals surface area contributed by atoms with Gasteiger partial charge in [0.25, 0.3) is 0 Å². The smallest absolute Gasteiger partial charge is 0.115 e. The third-order valence-electron chi connectivity index (χ3n) is 6.13. The number of fused-ring (bicyclic) bond motifs is 4. The Morgan fingerprint density at radius 3 is 2.79 bits per heavy atom. The fourth-order valence-electron chi connectivity index (χ4n) is 4.67. The van der Waals surface area contributed by atoms with Crippen LogP contribution >= 0.6 is 0 Å². The molecule has 3 nitrogen and oxygen atoms in total. The number of phenols is 1. The molecule has 2 bridgehead atoms. The molecule has 1 heterocycles. The molecule has 2 N–H and O–H groups in total. The fourth-order valence-corrected chi connectivity index (χ4v) is 4.67. The standard InChI is InChI=1S/C21H26N2O/c1-21-10-11-23(2)19(12-16-8-9-17(24)13-18(16)21)20(21)22-14-15-6-4-3-5-7-15/h3-9,13,19-20,22,24H,10-12,14H2,1-2H3/t19-,20+,21-/m1/s1. The quantitative estimate of drug-likeness (QED) is 0.912. The first kappa shape index (κ1) is 15.7. The monoisotopic (exact) mass is 322 g/mol. The molecule has 0 unspecified atom stereocenters. The average molecular weight is 322 g/mol. The van der Waals surface area contributed by atoms with Gasteiger partial charge in [-0.2, -0.15) is 0 Å². The maximum Gasteiger partial charge on any atom is 0.115 e. The van der Waals surface area contributed by atoms with Gasteiger partial charge in [0, 0.05) is 24.0 Å². The topological polar surface area (TPSA) is 35.5 Å². The zero-order chi connectivity index (χ0) is 16.7. The molecule has 2 aromatic rings. The first-order valence-corrected chi connectivity index (χ1v) is 8.88. The molecule has 0 radical (unpaired) electrons. The van der Waals surface area contributed by atoms with E-state index in [-0.39, 0.29) is 5.41 Å². The van der Waals surface area contributed by atoms with Crippen LogP contribution in [0.1, 0.15) is 30.0 Å². The Balaban J connectivity index is 1.68. The Kier molecular flexibility index (Phi) is 3.86. The number of phenolic OH excluding ortho intramolecular Hbond substituents is 1. The summed E-state index contributed by atoms with van der Waals surface area (Å²) < 4.78 is 0. The molecule has 0 amide bonds. The van der Waals surface area contributed by atoms with Gasteiger partial charge in [-0.05, 0) is 55.3 Å². The van der Waals surface area contributed by atoms with Crippen molar-refractivity contribution in [1.82, 2.24) is 10.2 Å². The Hall–Kier alpha value is -1.84. The zero-order valence-electron chi connectivity index (χ0n) is 14.5. The van der Waals surface area contributed by atoms with Crippen molar-refractivity contribution in [2.75, 3.05) is 13.6 Å². The van der Waals surface area contributed by atoms with Crippen LogP contribution in [0.5, 0.6) is 5.75 Å². The van der Waals surface area contributed by atoms with E-state index in [1.165, 1.54) is 16.7 Å². The lowest BCUT2D eigenvalue weighted by molar-refractivity contribution is 0.0649. The lowest BCUT2D eigenvalue weighted by Gasteiger charge is -2.55. The Bertz CT molecular complexity index is 730. The summed E-state index contributed by atoms with van der Waals surface area (Å²) >= 11 is 0. The number of nitrogens with zero attached hydrogens (tertiary/aromatic N) is 1. The summed E-state index contributed by atoms with van der Waals surface area (Å²) in [4.78, 5) is 2.50. The molecule has 1 aliphatic heterocycles. The summed E-state index contributed by atoms with van der Waals surface area (Å²) in [5.74, 6) is 0.383. The second kappa shape index (κ2) is 5.91. The highest BCUT2D eigenvalue weighted by molar-refractivity contribution is 5.45. The van der Waals surface area contributed by atoms with Gasteiger partial charge < -0.3 is 15.3 Å². The first-order valence-electron chi connectivity index (χ1n) is 8.88. The van der Waals surface area contributed by atoms with E-state index in [1.54, 1.807) is 0 Å². The number of aromatic hydroxyl groups is 1. The van der Waals surface area contributed by atoms with Gasteiger partial charge in [-0.25, -0.2) is 0 Å². The molecule has 0 saturated carbocycles. The van der Waals surface area contributed by atoms with Crippen molar-refractivity contribution in [3.05, 3.63) is 65.2 Å². The van der Waals surface area contributed by atoms with Crippen molar-refractivity contribution in [2.45, 2.75) is 43.8 Å². The van der Waals surface area contributed by atoms with E-state index in [9.17, 15) is 5.11 Å². The molecular formula is C21H26N2O. The second-order valence-electron chi connectivity index (χ2n) is 7.61. The SMILES string of the molecule is CN1CC[C@]2(C)c3cc(O)ccc3C[C@@H]1[C@@H]2NCc1ccccc1. The van der Waals surface area contributed by atoms with E-state index in [0.29, 0.717) is 17.8 Å². The minimum Gasteiger partial charge on any atom is -0.508 e. The third-order valence-corrected chi connectivity index (χ3v) is 6.13. The molecule has 1 fully saturated rings. The number of likely N-dealkylation sites (tertiary alicyclic amines) is 1. The number of nitrogens with one attached hydrogen (secondary N) is 1. The molecule has 2 aromatic carbocycles. The van der Waals surface area contributed by atoms with Crippen LogP contribution in [0.25, 0.3) is 0 Å². The zero-order valence-corrected chi connectivity index (χ0v) is 14.5. The number of likely N-dealkylation sites (N-methyl/N-ethyl adjacent to an activating group) is 1. The molecule has 126 valence electrons. The maximum atomic E-state index is 10.0. The minimum absolute atomic E-state index is 0.0677. The maximum absolute atomic E-state index is 10.0. The highest BCUT2D eigenvalue weighted by Gasteiger charge is 2.49. The van der Waals surface area contributed by atoms with E-state index in [4.69, 9.17) is 0 Å². The van der Waals surface area contributed by atoms with Gasteiger partial charge in [0.2, 0.25) is 0 Å². The molecule has 1 aliphatic carbocycles. The van der Waals surface area contributed by atoms with E-state index in [1.807, 2.05) is 12.1 Å². The summed E-state index contributed by atoms with van der Waals surface area (Å²) in [7, 11) is 2.24. The lowest BCUT2D eigenvalue weighted by atomic mass is 9.61. The van der Waals surface area contributed by atoms with Crippen LogP contribution in [-0.4, -0.2) is 35.7 Å².